The normalized spacial score (nSPS) is 9.93. The lowest BCUT2D eigenvalue weighted by atomic mass is 10.0. The number of para-hydroxylation sites is 1. The van der Waals surface area contributed by atoms with Crippen molar-refractivity contribution in [3.63, 3.8) is 0 Å². The summed E-state index contributed by atoms with van der Waals surface area (Å²) in [6.45, 7) is 4.29. The van der Waals surface area contributed by atoms with E-state index >= 15 is 0 Å². The van der Waals surface area contributed by atoms with Crippen molar-refractivity contribution < 1.29 is 9.53 Å². The Kier molecular flexibility index (Phi) is 8.24. The summed E-state index contributed by atoms with van der Waals surface area (Å²) in [5.41, 5.74) is 2.75. The summed E-state index contributed by atoms with van der Waals surface area (Å²) in [6, 6.07) is 26.8. The topological polar surface area (TPSA) is 26.3 Å². The smallest absolute Gasteiger partial charge is 0.216 e. The van der Waals surface area contributed by atoms with Crippen LogP contribution in [0.15, 0.2) is 84.9 Å². The van der Waals surface area contributed by atoms with Crippen LogP contribution in [0.25, 0.3) is 0 Å². The van der Waals surface area contributed by atoms with Crippen molar-refractivity contribution in [1.82, 2.24) is 0 Å². The molecule has 0 amide bonds. The van der Waals surface area contributed by atoms with Crippen molar-refractivity contribution in [1.29, 1.82) is 0 Å². The first-order valence-corrected chi connectivity index (χ1v) is 9.49. The van der Waals surface area contributed by atoms with Gasteiger partial charge >= 0.3 is 0 Å². The van der Waals surface area contributed by atoms with Gasteiger partial charge in [-0.2, -0.15) is 0 Å². The molecule has 0 atom stereocenters. The fourth-order valence-corrected chi connectivity index (χ4v) is 2.74. The second-order valence-corrected chi connectivity index (χ2v) is 6.90. The Morgan fingerprint density at radius 2 is 1.30 bits per heavy atom. The minimum Gasteiger partial charge on any atom is -0.445 e. The monoisotopic (exact) mass is 394 g/mol. The lowest BCUT2D eigenvalue weighted by Crippen LogP contribution is -2.08. The molecule has 0 fully saturated rings. The van der Waals surface area contributed by atoms with Crippen LogP contribution in [0, 0.1) is 0 Å². The van der Waals surface area contributed by atoms with E-state index in [0.29, 0.717) is 16.5 Å². The van der Waals surface area contributed by atoms with E-state index in [-0.39, 0.29) is 5.12 Å². The third-order valence-electron chi connectivity index (χ3n) is 3.77. The minimum atomic E-state index is -0.185. The first-order valence-electron chi connectivity index (χ1n) is 8.63. The number of carbonyl (C=O) groups excluding carboxylic acids is 1. The summed E-state index contributed by atoms with van der Waals surface area (Å²) in [6.07, 6.45) is 0. The van der Waals surface area contributed by atoms with E-state index in [1.807, 2.05) is 66.7 Å². The summed E-state index contributed by atoms with van der Waals surface area (Å²) in [5.74, 6) is 1.26. The number of hydrogen-bond acceptors (Lipinski definition) is 3. The van der Waals surface area contributed by atoms with Gasteiger partial charge in [-0.1, -0.05) is 92.7 Å². The SMILES string of the molecule is CC(C)c1ccccc1OC(=S)c1ccccc1.O=C(S)c1ccccc1. The van der Waals surface area contributed by atoms with Crippen LogP contribution in [0.4, 0.5) is 0 Å². The van der Waals surface area contributed by atoms with Gasteiger partial charge in [0.15, 0.2) is 5.05 Å². The molecule has 2 nitrogen and oxygen atoms in total. The zero-order valence-corrected chi connectivity index (χ0v) is 17.0. The predicted octanol–water partition coefficient (Wildman–Crippen LogP) is 6.32. The van der Waals surface area contributed by atoms with Crippen molar-refractivity contribution in [3.05, 3.63) is 102 Å². The highest BCUT2D eigenvalue weighted by Gasteiger charge is 2.10. The number of thiol groups is 1. The van der Waals surface area contributed by atoms with Gasteiger partial charge in [0.1, 0.15) is 5.75 Å². The molecular formula is C23H22O2S2. The van der Waals surface area contributed by atoms with Gasteiger partial charge in [0.05, 0.1) is 0 Å². The van der Waals surface area contributed by atoms with Crippen molar-refractivity contribution in [3.8, 4) is 5.75 Å². The molecule has 138 valence electrons. The summed E-state index contributed by atoms with van der Waals surface area (Å²) >= 11 is 8.98. The average molecular weight is 395 g/mol. The lowest BCUT2D eigenvalue weighted by Gasteiger charge is -2.13. The largest absolute Gasteiger partial charge is 0.445 e. The first-order chi connectivity index (χ1) is 13.0. The lowest BCUT2D eigenvalue weighted by molar-refractivity contribution is 0.109. The van der Waals surface area contributed by atoms with E-state index < -0.39 is 0 Å². The molecule has 0 aliphatic heterocycles. The average Bonchev–Trinajstić information content (AvgIpc) is 2.70. The molecular weight excluding hydrogens is 372 g/mol. The van der Waals surface area contributed by atoms with Crippen LogP contribution in [-0.4, -0.2) is 10.2 Å². The standard InChI is InChI=1S/C16H16OS.C7H6OS/c1-12(2)14-10-6-7-11-15(14)17-16(18)13-8-4-3-5-9-13;8-7(9)6-4-2-1-3-5-6/h3-12H,1-2H3;1-5H,(H,8,9). The van der Waals surface area contributed by atoms with Crippen LogP contribution in [0.1, 0.15) is 41.3 Å². The Balaban J connectivity index is 0.000000244. The van der Waals surface area contributed by atoms with Gasteiger partial charge in [0, 0.05) is 11.1 Å². The quantitative estimate of drug-likeness (QED) is 0.414. The number of benzene rings is 3. The molecule has 0 saturated carbocycles. The second kappa shape index (κ2) is 10.7. The molecule has 3 aromatic carbocycles. The van der Waals surface area contributed by atoms with Crippen molar-refractivity contribution in [2.24, 2.45) is 0 Å². The second-order valence-electron chi connectivity index (χ2n) is 6.12. The van der Waals surface area contributed by atoms with E-state index in [1.54, 1.807) is 12.1 Å². The number of rotatable bonds is 4. The molecule has 3 aromatic rings. The molecule has 3 rings (SSSR count). The molecule has 0 heterocycles. The summed E-state index contributed by atoms with van der Waals surface area (Å²) in [4.78, 5) is 10.5. The Morgan fingerprint density at radius 3 is 1.78 bits per heavy atom. The van der Waals surface area contributed by atoms with E-state index in [4.69, 9.17) is 17.0 Å². The number of thiocarbonyl (C=S) groups is 1. The third kappa shape index (κ3) is 6.66. The summed E-state index contributed by atoms with van der Waals surface area (Å²) < 4.78 is 5.82. The Hall–Kier alpha value is -2.43. The van der Waals surface area contributed by atoms with Crippen LogP contribution in [0.3, 0.4) is 0 Å². The minimum absolute atomic E-state index is 0.185. The highest BCUT2D eigenvalue weighted by atomic mass is 32.1. The molecule has 0 unspecified atom stereocenters. The van der Waals surface area contributed by atoms with Gasteiger partial charge in [-0.15, -0.1) is 12.6 Å². The molecule has 4 heteroatoms. The fraction of sp³-hybridized carbons (Fsp3) is 0.130. The van der Waals surface area contributed by atoms with E-state index in [2.05, 4.69) is 32.5 Å². The maximum Gasteiger partial charge on any atom is 0.216 e. The molecule has 0 aliphatic rings. The van der Waals surface area contributed by atoms with Crippen LogP contribution >= 0.6 is 24.8 Å². The van der Waals surface area contributed by atoms with Gasteiger partial charge < -0.3 is 4.74 Å². The third-order valence-corrected chi connectivity index (χ3v) is 4.35. The van der Waals surface area contributed by atoms with Gasteiger partial charge in [0.2, 0.25) is 5.12 Å². The van der Waals surface area contributed by atoms with Crippen LogP contribution in [0.5, 0.6) is 5.75 Å². The highest BCUT2D eigenvalue weighted by Crippen LogP contribution is 2.26. The van der Waals surface area contributed by atoms with Gasteiger partial charge in [-0.3, -0.25) is 4.79 Å². The molecule has 0 N–H and O–H groups in total. The zero-order valence-electron chi connectivity index (χ0n) is 15.3. The molecule has 0 aromatic heterocycles. The number of ether oxygens (including phenoxy) is 1. The van der Waals surface area contributed by atoms with E-state index in [0.717, 1.165) is 11.3 Å². The van der Waals surface area contributed by atoms with Gasteiger partial charge in [-0.05, 0) is 29.8 Å². The first kappa shape index (κ1) is 20.9. The number of carbonyl (C=O) groups is 1. The Morgan fingerprint density at radius 1 is 0.815 bits per heavy atom. The van der Waals surface area contributed by atoms with Crippen LogP contribution < -0.4 is 4.74 Å². The maximum atomic E-state index is 10.5. The van der Waals surface area contributed by atoms with E-state index in [9.17, 15) is 4.79 Å². The molecule has 0 radical (unpaired) electrons. The van der Waals surface area contributed by atoms with Gasteiger partial charge in [-0.25, -0.2) is 0 Å². The molecule has 0 bridgehead atoms. The van der Waals surface area contributed by atoms with Crippen molar-refractivity contribution >= 4 is 35.0 Å². The molecule has 0 saturated heterocycles. The van der Waals surface area contributed by atoms with Gasteiger partial charge in [0.25, 0.3) is 0 Å². The predicted molar refractivity (Wildman–Crippen MR) is 119 cm³/mol. The molecule has 0 aliphatic carbocycles. The Bertz CT molecular complexity index is 875. The number of hydrogen-bond donors (Lipinski definition) is 1. The maximum absolute atomic E-state index is 10.5. The summed E-state index contributed by atoms with van der Waals surface area (Å²) in [7, 11) is 0. The van der Waals surface area contributed by atoms with Crippen LogP contribution in [0.2, 0.25) is 0 Å². The summed E-state index contributed by atoms with van der Waals surface area (Å²) in [5, 5.41) is 0.333. The highest BCUT2D eigenvalue weighted by molar-refractivity contribution is 7.97. The zero-order chi connectivity index (χ0) is 19.6. The Labute approximate surface area is 171 Å². The fourth-order valence-electron chi connectivity index (χ4n) is 2.36. The van der Waals surface area contributed by atoms with Crippen molar-refractivity contribution in [2.75, 3.05) is 0 Å². The molecule has 27 heavy (non-hydrogen) atoms. The molecule has 0 spiro atoms. The van der Waals surface area contributed by atoms with E-state index in [1.165, 1.54) is 5.56 Å². The van der Waals surface area contributed by atoms with Crippen LogP contribution in [-0.2, 0) is 0 Å². The van der Waals surface area contributed by atoms with Crippen molar-refractivity contribution in [2.45, 2.75) is 19.8 Å².